The number of ketones is 1. The third kappa shape index (κ3) is 2.89. The zero-order valence-corrected chi connectivity index (χ0v) is 14.7. The molecule has 4 atom stereocenters. The van der Waals surface area contributed by atoms with Crippen LogP contribution in [0.5, 0.6) is 5.75 Å². The number of hydrogen-bond acceptors (Lipinski definition) is 6. The van der Waals surface area contributed by atoms with Gasteiger partial charge in [-0.05, 0) is 31.5 Å². The molecule has 0 aliphatic carbocycles. The minimum Gasteiger partial charge on any atom is -0.508 e. The molecule has 134 valence electrons. The van der Waals surface area contributed by atoms with Gasteiger partial charge in [-0.15, -0.1) is 11.8 Å². The van der Waals surface area contributed by atoms with Crippen LogP contribution in [0.25, 0.3) is 0 Å². The van der Waals surface area contributed by atoms with E-state index < -0.39 is 28.7 Å². The number of rotatable bonds is 5. The number of aliphatic carboxylic acids is 1. The van der Waals surface area contributed by atoms with Crippen molar-refractivity contribution in [2.75, 3.05) is 0 Å². The maximum absolute atomic E-state index is 12.5. The highest BCUT2D eigenvalue weighted by Gasteiger charge is 2.63. The number of benzene rings is 1. The molecule has 0 aromatic heterocycles. The lowest BCUT2D eigenvalue weighted by Gasteiger charge is -2.43. The summed E-state index contributed by atoms with van der Waals surface area (Å²) in [5.74, 6) is -2.07. The fourth-order valence-corrected chi connectivity index (χ4v) is 5.17. The predicted octanol–water partition coefficient (Wildman–Crippen LogP) is 1.11. The SMILES string of the molecule is CC1(C)S[C@@H]2[C@H](CC(=O)[C@H](N)c3ccc(O)cc3)C(=O)N2[C@H]1C(=O)O. The van der Waals surface area contributed by atoms with Crippen LogP contribution in [0, 0.1) is 5.92 Å². The monoisotopic (exact) mass is 364 g/mol. The van der Waals surface area contributed by atoms with E-state index in [1.807, 2.05) is 0 Å². The van der Waals surface area contributed by atoms with Crippen molar-refractivity contribution in [3.63, 3.8) is 0 Å². The number of amides is 1. The van der Waals surface area contributed by atoms with Gasteiger partial charge in [0.05, 0.1) is 17.3 Å². The van der Waals surface area contributed by atoms with E-state index >= 15 is 0 Å². The number of Topliss-reactive ketones (excluding diaryl/α,β-unsaturated/α-hetero) is 1. The van der Waals surface area contributed by atoms with Crippen LogP contribution >= 0.6 is 11.8 Å². The molecule has 1 amide bonds. The number of thioether (sulfide) groups is 1. The Morgan fingerprint density at radius 2 is 1.92 bits per heavy atom. The molecule has 0 saturated carbocycles. The first kappa shape index (κ1) is 17.8. The third-order valence-electron chi connectivity index (χ3n) is 4.81. The normalized spacial score (nSPS) is 28.2. The third-order valence-corrected chi connectivity index (χ3v) is 6.43. The van der Waals surface area contributed by atoms with E-state index in [1.54, 1.807) is 26.0 Å². The largest absolute Gasteiger partial charge is 0.508 e. The fraction of sp³-hybridized carbons (Fsp3) is 0.471. The van der Waals surface area contributed by atoms with Crippen LogP contribution in [0.4, 0.5) is 0 Å². The average molecular weight is 364 g/mol. The molecule has 0 spiro atoms. The summed E-state index contributed by atoms with van der Waals surface area (Å²) in [4.78, 5) is 37.7. The molecule has 25 heavy (non-hydrogen) atoms. The Kier molecular flexibility index (Phi) is 4.28. The molecule has 2 aliphatic rings. The van der Waals surface area contributed by atoms with Crippen LogP contribution in [0.2, 0.25) is 0 Å². The Bertz CT molecular complexity index is 733. The Balaban J connectivity index is 1.70. The Morgan fingerprint density at radius 3 is 2.48 bits per heavy atom. The second-order valence-electron chi connectivity index (χ2n) is 6.94. The van der Waals surface area contributed by atoms with Gasteiger partial charge in [0.15, 0.2) is 5.78 Å². The van der Waals surface area contributed by atoms with E-state index in [4.69, 9.17) is 5.73 Å². The minimum atomic E-state index is -1.03. The van der Waals surface area contributed by atoms with E-state index in [0.717, 1.165) is 0 Å². The standard InChI is InChI=1S/C17H20N2O5S/c1-17(2)13(16(23)24)19-14(22)10(15(19)25-17)7-11(21)12(18)8-3-5-9(20)6-4-8/h3-6,10,12-13,15,20H,7,18H2,1-2H3,(H,23,24)/t10-,12-,13+,15-/m1/s1. The summed E-state index contributed by atoms with van der Waals surface area (Å²) in [6.07, 6.45) is -0.0164. The molecule has 7 nitrogen and oxygen atoms in total. The quantitative estimate of drug-likeness (QED) is 0.669. The molecule has 1 aromatic rings. The molecule has 2 aliphatic heterocycles. The van der Waals surface area contributed by atoms with Crippen LogP contribution in [0.3, 0.4) is 0 Å². The molecular weight excluding hydrogens is 344 g/mol. The van der Waals surface area contributed by atoms with Gasteiger partial charge in [0.2, 0.25) is 5.91 Å². The highest BCUT2D eigenvalue weighted by atomic mass is 32.2. The number of carbonyl (C=O) groups is 3. The summed E-state index contributed by atoms with van der Waals surface area (Å²) in [5.41, 5.74) is 6.53. The van der Waals surface area contributed by atoms with E-state index in [-0.39, 0.29) is 29.2 Å². The lowest BCUT2D eigenvalue weighted by Crippen LogP contribution is -2.63. The van der Waals surface area contributed by atoms with E-state index in [9.17, 15) is 24.6 Å². The number of nitrogens with two attached hydrogens (primary N) is 1. The van der Waals surface area contributed by atoms with Crippen molar-refractivity contribution in [1.29, 1.82) is 0 Å². The average Bonchev–Trinajstić information content (AvgIpc) is 2.80. The van der Waals surface area contributed by atoms with Crippen LogP contribution in [0.1, 0.15) is 31.9 Å². The van der Waals surface area contributed by atoms with Gasteiger partial charge in [-0.1, -0.05) is 12.1 Å². The lowest BCUT2D eigenvalue weighted by molar-refractivity contribution is -0.164. The Morgan fingerprint density at radius 1 is 1.32 bits per heavy atom. The number of phenols is 1. The van der Waals surface area contributed by atoms with Gasteiger partial charge in [0.1, 0.15) is 11.8 Å². The molecule has 2 fully saturated rings. The number of carboxylic acid groups (broad SMARTS) is 1. The molecule has 0 radical (unpaired) electrons. The van der Waals surface area contributed by atoms with Gasteiger partial charge in [0.25, 0.3) is 0 Å². The molecule has 2 heterocycles. The summed E-state index contributed by atoms with van der Waals surface area (Å²) in [5, 5.41) is 18.4. The first-order valence-corrected chi connectivity index (χ1v) is 8.81. The lowest BCUT2D eigenvalue weighted by atomic mass is 9.86. The van der Waals surface area contributed by atoms with Gasteiger partial charge < -0.3 is 20.8 Å². The van der Waals surface area contributed by atoms with E-state index in [0.29, 0.717) is 5.56 Å². The highest BCUT2D eigenvalue weighted by Crippen LogP contribution is 2.54. The summed E-state index contributed by atoms with van der Waals surface area (Å²) < 4.78 is -0.608. The molecule has 1 aromatic carbocycles. The summed E-state index contributed by atoms with van der Waals surface area (Å²) >= 11 is 1.42. The topological polar surface area (TPSA) is 121 Å². The van der Waals surface area contributed by atoms with Crippen molar-refractivity contribution in [3.05, 3.63) is 29.8 Å². The minimum absolute atomic E-state index is 0.0164. The zero-order valence-electron chi connectivity index (χ0n) is 13.9. The van der Waals surface area contributed by atoms with Gasteiger partial charge in [-0.25, -0.2) is 4.79 Å². The van der Waals surface area contributed by atoms with Gasteiger partial charge in [-0.3, -0.25) is 9.59 Å². The second kappa shape index (κ2) is 6.03. The summed E-state index contributed by atoms with van der Waals surface area (Å²) in [6, 6.07) is 4.28. The molecule has 8 heteroatoms. The first-order valence-electron chi connectivity index (χ1n) is 7.93. The number of hydrogen-bond donors (Lipinski definition) is 3. The van der Waals surface area contributed by atoms with Crippen molar-refractivity contribution in [2.24, 2.45) is 11.7 Å². The van der Waals surface area contributed by atoms with Crippen LogP contribution in [0.15, 0.2) is 24.3 Å². The molecule has 0 unspecified atom stereocenters. The number of β-lactam (4-membered cyclic amide) rings is 1. The second-order valence-corrected chi connectivity index (χ2v) is 8.72. The van der Waals surface area contributed by atoms with Crippen molar-refractivity contribution < 1.29 is 24.6 Å². The smallest absolute Gasteiger partial charge is 0.327 e. The predicted molar refractivity (Wildman–Crippen MR) is 91.9 cm³/mol. The number of carbonyl (C=O) groups excluding carboxylic acids is 2. The summed E-state index contributed by atoms with van der Waals surface area (Å²) in [6.45, 7) is 3.59. The van der Waals surface area contributed by atoms with Crippen LogP contribution in [-0.4, -0.2) is 48.9 Å². The van der Waals surface area contributed by atoms with E-state index in [1.165, 1.54) is 28.8 Å². The Hall–Kier alpha value is -2.06. The number of phenolic OH excluding ortho intramolecular Hbond substituents is 1. The maximum atomic E-state index is 12.5. The molecule has 3 rings (SSSR count). The molecule has 2 saturated heterocycles. The number of carboxylic acids is 1. The number of fused-ring (bicyclic) bond motifs is 1. The maximum Gasteiger partial charge on any atom is 0.327 e. The van der Waals surface area contributed by atoms with Crippen molar-refractivity contribution in [3.8, 4) is 5.75 Å². The highest BCUT2D eigenvalue weighted by molar-refractivity contribution is 8.01. The van der Waals surface area contributed by atoms with E-state index in [2.05, 4.69) is 0 Å². The number of nitrogens with zero attached hydrogens (tertiary/aromatic N) is 1. The molecule has 4 N–H and O–H groups in total. The van der Waals surface area contributed by atoms with Crippen LogP contribution in [-0.2, 0) is 14.4 Å². The van der Waals surface area contributed by atoms with Crippen LogP contribution < -0.4 is 5.73 Å². The summed E-state index contributed by atoms with van der Waals surface area (Å²) in [7, 11) is 0. The Labute approximate surface area is 149 Å². The van der Waals surface area contributed by atoms with Crippen molar-refractivity contribution >= 4 is 29.4 Å². The number of aromatic hydroxyl groups is 1. The van der Waals surface area contributed by atoms with Crippen molar-refractivity contribution in [1.82, 2.24) is 4.90 Å². The molecule has 0 bridgehead atoms. The zero-order chi connectivity index (χ0) is 18.5. The van der Waals surface area contributed by atoms with Gasteiger partial charge >= 0.3 is 5.97 Å². The van der Waals surface area contributed by atoms with Gasteiger partial charge in [0, 0.05) is 11.2 Å². The van der Waals surface area contributed by atoms with Crippen molar-refractivity contribution in [2.45, 2.75) is 42.5 Å². The first-order chi connectivity index (χ1) is 11.6. The van der Waals surface area contributed by atoms with Gasteiger partial charge in [-0.2, -0.15) is 0 Å². The molecular formula is C17H20N2O5S. The fourth-order valence-electron chi connectivity index (χ4n) is 3.49.